The highest BCUT2D eigenvalue weighted by Crippen LogP contribution is 2.27. The number of nitrogen functional groups attached to an aromatic ring is 1. The fourth-order valence-corrected chi connectivity index (χ4v) is 2.75. The number of nitrogens with one attached hydrogen (secondary N) is 1. The Morgan fingerprint density at radius 3 is 2.62 bits per heavy atom. The molecule has 0 saturated carbocycles. The number of aromatic nitrogens is 2. The van der Waals surface area contributed by atoms with Crippen molar-refractivity contribution in [1.29, 1.82) is 0 Å². The van der Waals surface area contributed by atoms with Gasteiger partial charge in [0.1, 0.15) is 5.82 Å². The Kier molecular flexibility index (Phi) is 9.58. The van der Waals surface area contributed by atoms with E-state index in [1.165, 1.54) is 12.1 Å². The summed E-state index contributed by atoms with van der Waals surface area (Å²) in [5.74, 6) is 0.911. The van der Waals surface area contributed by atoms with Gasteiger partial charge in [-0.2, -0.15) is 4.98 Å². The van der Waals surface area contributed by atoms with Crippen LogP contribution in [0.2, 0.25) is 0 Å². The van der Waals surface area contributed by atoms with Crippen molar-refractivity contribution in [3.8, 4) is 11.3 Å². The zero-order valence-corrected chi connectivity index (χ0v) is 16.4. The molecular weight excluding hydrogens is 403 g/mol. The van der Waals surface area contributed by atoms with E-state index in [2.05, 4.69) is 20.2 Å². The minimum atomic E-state index is -0.424. The molecule has 0 bridgehead atoms. The predicted octanol–water partition coefficient (Wildman–Crippen LogP) is 2.70. The third-order valence-corrected chi connectivity index (χ3v) is 4.00. The number of nitrogens with zero attached hydrogens (tertiary/aromatic N) is 4. The topological polar surface area (TPSA) is 110 Å². The zero-order chi connectivity index (χ0) is 16.4. The van der Waals surface area contributed by atoms with Crippen LogP contribution in [0.15, 0.2) is 30.3 Å². The van der Waals surface area contributed by atoms with Crippen molar-refractivity contribution in [1.82, 2.24) is 15.3 Å². The molecule has 0 radical (unpaired) electrons. The maximum Gasteiger partial charge on any atom is 0.270 e. The summed E-state index contributed by atoms with van der Waals surface area (Å²) in [4.78, 5) is 21.2. The molecule has 0 amide bonds. The van der Waals surface area contributed by atoms with Gasteiger partial charge in [-0.15, -0.1) is 37.2 Å². The van der Waals surface area contributed by atoms with Crippen LogP contribution in [0.3, 0.4) is 0 Å². The second kappa shape index (κ2) is 10.3. The molecule has 2 heterocycles. The molecule has 1 aromatic heterocycles. The summed E-state index contributed by atoms with van der Waals surface area (Å²) in [5.41, 5.74) is 7.10. The van der Waals surface area contributed by atoms with Gasteiger partial charge in [-0.1, -0.05) is 12.1 Å². The van der Waals surface area contributed by atoms with Crippen molar-refractivity contribution in [2.45, 2.75) is 12.5 Å². The third-order valence-electron chi connectivity index (χ3n) is 4.00. The summed E-state index contributed by atoms with van der Waals surface area (Å²) in [7, 11) is 1.94. The number of hydrogen-bond donors (Lipinski definition) is 2. The Morgan fingerprint density at radius 1 is 1.27 bits per heavy atom. The van der Waals surface area contributed by atoms with Crippen molar-refractivity contribution in [3.63, 3.8) is 0 Å². The minimum Gasteiger partial charge on any atom is -0.368 e. The minimum absolute atomic E-state index is 0. The molecule has 0 spiro atoms. The van der Waals surface area contributed by atoms with E-state index in [1.807, 2.05) is 13.1 Å². The maximum atomic E-state index is 10.9. The highest BCUT2D eigenvalue weighted by Gasteiger charge is 2.23. The molecule has 1 aromatic carbocycles. The summed E-state index contributed by atoms with van der Waals surface area (Å²) in [6, 6.07) is 8.61. The van der Waals surface area contributed by atoms with E-state index in [-0.39, 0.29) is 48.9 Å². The lowest BCUT2D eigenvalue weighted by molar-refractivity contribution is -0.384. The molecule has 3 rings (SSSR count). The monoisotopic (exact) mass is 422 g/mol. The van der Waals surface area contributed by atoms with Gasteiger partial charge in [0.2, 0.25) is 5.95 Å². The van der Waals surface area contributed by atoms with Crippen molar-refractivity contribution in [2.75, 3.05) is 30.8 Å². The first-order chi connectivity index (χ1) is 11.1. The molecule has 26 heavy (non-hydrogen) atoms. The van der Waals surface area contributed by atoms with Crippen LogP contribution in [0.4, 0.5) is 17.5 Å². The van der Waals surface area contributed by atoms with Crippen LogP contribution in [0, 0.1) is 10.1 Å². The van der Waals surface area contributed by atoms with E-state index >= 15 is 0 Å². The summed E-state index contributed by atoms with van der Waals surface area (Å²) in [5, 5.41) is 14.2. The fourth-order valence-electron chi connectivity index (χ4n) is 2.75. The zero-order valence-electron chi connectivity index (χ0n) is 14.0. The van der Waals surface area contributed by atoms with Gasteiger partial charge in [0.05, 0.1) is 10.6 Å². The molecule has 1 aliphatic heterocycles. The Labute approximate surface area is 170 Å². The first-order valence-electron chi connectivity index (χ1n) is 7.38. The first-order valence-corrected chi connectivity index (χ1v) is 7.38. The number of nitrogens with two attached hydrogens (primary N) is 1. The molecule has 2 aromatic rings. The number of anilines is 2. The molecule has 11 heteroatoms. The lowest BCUT2D eigenvalue weighted by Gasteiger charge is -2.18. The van der Waals surface area contributed by atoms with Crippen molar-refractivity contribution in [3.05, 3.63) is 40.4 Å². The van der Waals surface area contributed by atoms with Gasteiger partial charge in [0.25, 0.3) is 5.69 Å². The molecule has 0 aliphatic carbocycles. The molecule has 144 valence electrons. The van der Waals surface area contributed by atoms with Crippen molar-refractivity contribution < 1.29 is 4.92 Å². The standard InChI is InChI=1S/C15H18N6O2.3ClH/c1-17-11-5-6-20(9-11)14-8-13(18-15(16)19-14)10-3-2-4-12(7-10)21(22)23;;;/h2-4,7-8,11,17H,5-6,9H2,1H3,(H2,16,18,19);3*1H. The molecular formula is C15H21Cl3N6O2. The Hall–Kier alpha value is -1.87. The number of benzene rings is 1. The van der Waals surface area contributed by atoms with Crippen LogP contribution >= 0.6 is 37.2 Å². The number of rotatable bonds is 4. The Balaban J connectivity index is 0.00000208. The van der Waals surface area contributed by atoms with Crippen LogP contribution in [-0.2, 0) is 0 Å². The van der Waals surface area contributed by atoms with Crippen LogP contribution in [0.25, 0.3) is 11.3 Å². The van der Waals surface area contributed by atoms with Crippen LogP contribution in [0.1, 0.15) is 6.42 Å². The number of nitro benzene ring substituents is 1. The average molecular weight is 424 g/mol. The van der Waals surface area contributed by atoms with Gasteiger partial charge in [0.15, 0.2) is 0 Å². The lowest BCUT2D eigenvalue weighted by Crippen LogP contribution is -2.30. The Morgan fingerprint density at radius 2 is 2.00 bits per heavy atom. The Bertz CT molecular complexity index is 749. The summed E-state index contributed by atoms with van der Waals surface area (Å²) >= 11 is 0. The van der Waals surface area contributed by atoms with Crippen molar-refractivity contribution >= 4 is 54.7 Å². The number of nitro groups is 1. The van der Waals surface area contributed by atoms with Gasteiger partial charge < -0.3 is 16.0 Å². The lowest BCUT2D eigenvalue weighted by atomic mass is 10.1. The van der Waals surface area contributed by atoms with Crippen molar-refractivity contribution in [2.24, 2.45) is 0 Å². The van der Waals surface area contributed by atoms with Gasteiger partial charge in [0, 0.05) is 42.9 Å². The quantitative estimate of drug-likeness (QED) is 0.574. The molecule has 1 aliphatic rings. The normalized spacial score (nSPS) is 15.4. The van der Waals surface area contributed by atoms with E-state index in [0.717, 1.165) is 25.3 Å². The SMILES string of the molecule is CNC1CCN(c2cc(-c3cccc([N+](=O)[O-])c3)nc(N)n2)C1.Cl.Cl.Cl. The number of non-ortho nitro benzene ring substituents is 1. The number of halogens is 3. The maximum absolute atomic E-state index is 10.9. The summed E-state index contributed by atoms with van der Waals surface area (Å²) in [6.45, 7) is 1.73. The molecule has 1 saturated heterocycles. The van der Waals surface area contributed by atoms with E-state index in [0.29, 0.717) is 17.3 Å². The van der Waals surface area contributed by atoms with E-state index in [1.54, 1.807) is 12.1 Å². The average Bonchev–Trinajstić information content (AvgIpc) is 3.03. The second-order valence-corrected chi connectivity index (χ2v) is 5.50. The van der Waals surface area contributed by atoms with Gasteiger partial charge in [-0.05, 0) is 13.5 Å². The number of hydrogen-bond acceptors (Lipinski definition) is 7. The molecule has 1 atom stereocenters. The molecule has 1 fully saturated rings. The highest BCUT2D eigenvalue weighted by molar-refractivity contribution is 5.86. The van der Waals surface area contributed by atoms with Crippen LogP contribution < -0.4 is 16.0 Å². The molecule has 3 N–H and O–H groups in total. The van der Waals surface area contributed by atoms with Gasteiger partial charge >= 0.3 is 0 Å². The smallest absolute Gasteiger partial charge is 0.270 e. The second-order valence-electron chi connectivity index (χ2n) is 5.50. The third kappa shape index (κ3) is 5.31. The van der Waals surface area contributed by atoms with Gasteiger partial charge in [-0.3, -0.25) is 10.1 Å². The first kappa shape index (κ1) is 24.1. The van der Waals surface area contributed by atoms with Crippen LogP contribution in [0.5, 0.6) is 0 Å². The summed E-state index contributed by atoms with van der Waals surface area (Å²) in [6.07, 6.45) is 1.03. The highest BCUT2D eigenvalue weighted by atomic mass is 35.5. The van der Waals surface area contributed by atoms with E-state index < -0.39 is 4.92 Å². The van der Waals surface area contributed by atoms with E-state index in [4.69, 9.17) is 5.73 Å². The van der Waals surface area contributed by atoms with Crippen LogP contribution in [-0.4, -0.2) is 41.1 Å². The molecule has 8 nitrogen and oxygen atoms in total. The van der Waals surface area contributed by atoms with E-state index in [9.17, 15) is 10.1 Å². The fraction of sp³-hybridized carbons (Fsp3) is 0.333. The predicted molar refractivity (Wildman–Crippen MR) is 110 cm³/mol. The number of likely N-dealkylation sites (N-methyl/N-ethyl adjacent to an activating group) is 1. The van der Waals surface area contributed by atoms with Gasteiger partial charge in [-0.25, -0.2) is 4.98 Å². The largest absolute Gasteiger partial charge is 0.368 e. The molecule has 1 unspecified atom stereocenters. The summed E-state index contributed by atoms with van der Waals surface area (Å²) < 4.78 is 0.